The van der Waals surface area contributed by atoms with Crippen LogP contribution in [0.15, 0.2) is 12.4 Å². The molecule has 1 amide bonds. The van der Waals surface area contributed by atoms with Gasteiger partial charge in [0, 0.05) is 38.6 Å². The van der Waals surface area contributed by atoms with Gasteiger partial charge in [-0.25, -0.2) is 17.7 Å². The Morgan fingerprint density at radius 2 is 2.21 bits per heavy atom. The zero-order chi connectivity index (χ0) is 14.0. The highest BCUT2D eigenvalue weighted by molar-refractivity contribution is 7.88. The molecule has 7 nitrogen and oxygen atoms in total. The van der Waals surface area contributed by atoms with Gasteiger partial charge in [-0.1, -0.05) is 0 Å². The summed E-state index contributed by atoms with van der Waals surface area (Å²) < 4.78 is 25.6. The Labute approximate surface area is 112 Å². The van der Waals surface area contributed by atoms with Crippen molar-refractivity contribution in [1.82, 2.24) is 19.2 Å². The minimum absolute atomic E-state index is 0.0855. The van der Waals surface area contributed by atoms with Crippen molar-refractivity contribution in [2.24, 2.45) is 5.92 Å². The van der Waals surface area contributed by atoms with Crippen molar-refractivity contribution in [2.45, 2.75) is 13.5 Å². The molecular formula is C11H18N4O3S. The summed E-state index contributed by atoms with van der Waals surface area (Å²) in [6.45, 7) is 3.66. The fourth-order valence-electron chi connectivity index (χ4n) is 1.96. The zero-order valence-electron chi connectivity index (χ0n) is 11.0. The number of hydrogen-bond acceptors (Lipinski definition) is 4. The van der Waals surface area contributed by atoms with Gasteiger partial charge < -0.3 is 9.88 Å². The lowest BCUT2D eigenvalue weighted by Gasteiger charge is -2.35. The minimum atomic E-state index is -3.15. The van der Waals surface area contributed by atoms with Crippen LogP contribution in [0, 0.1) is 12.8 Å². The van der Waals surface area contributed by atoms with Crippen LogP contribution in [-0.2, 0) is 21.4 Å². The number of sulfonamides is 1. The van der Waals surface area contributed by atoms with Crippen molar-refractivity contribution >= 4 is 15.9 Å². The molecule has 0 spiro atoms. The van der Waals surface area contributed by atoms with Crippen molar-refractivity contribution in [3.63, 3.8) is 0 Å². The maximum absolute atomic E-state index is 11.8. The van der Waals surface area contributed by atoms with Crippen molar-refractivity contribution < 1.29 is 13.2 Å². The van der Waals surface area contributed by atoms with E-state index in [1.54, 1.807) is 6.20 Å². The topological polar surface area (TPSA) is 84.3 Å². The largest absolute Gasteiger partial charge is 0.354 e. The lowest BCUT2D eigenvalue weighted by Crippen LogP contribution is -2.55. The molecule has 0 bridgehead atoms. The Morgan fingerprint density at radius 1 is 1.53 bits per heavy atom. The van der Waals surface area contributed by atoms with Gasteiger partial charge >= 0.3 is 0 Å². The molecule has 1 aliphatic rings. The van der Waals surface area contributed by atoms with E-state index in [0.29, 0.717) is 13.1 Å². The molecule has 1 N–H and O–H groups in total. The van der Waals surface area contributed by atoms with Gasteiger partial charge in [-0.2, -0.15) is 0 Å². The summed E-state index contributed by atoms with van der Waals surface area (Å²) in [5.41, 5.74) is 0. The van der Waals surface area contributed by atoms with Crippen LogP contribution in [0.25, 0.3) is 0 Å². The Kier molecular flexibility index (Phi) is 3.91. The normalized spacial score (nSPS) is 17.2. The van der Waals surface area contributed by atoms with E-state index in [2.05, 4.69) is 10.3 Å². The summed E-state index contributed by atoms with van der Waals surface area (Å²) in [7, 11) is -3.15. The van der Waals surface area contributed by atoms with Crippen LogP contribution in [0.2, 0.25) is 0 Å². The quantitative estimate of drug-likeness (QED) is 0.768. The first kappa shape index (κ1) is 14.0. The Hall–Kier alpha value is -1.41. The van der Waals surface area contributed by atoms with Crippen molar-refractivity contribution in [3.05, 3.63) is 18.2 Å². The monoisotopic (exact) mass is 286 g/mol. The first-order valence-corrected chi connectivity index (χ1v) is 7.93. The number of nitrogens with zero attached hydrogens (tertiary/aromatic N) is 3. The third kappa shape index (κ3) is 3.32. The first-order chi connectivity index (χ1) is 8.88. The third-order valence-corrected chi connectivity index (χ3v) is 4.50. The van der Waals surface area contributed by atoms with Gasteiger partial charge in [0.2, 0.25) is 15.9 Å². The van der Waals surface area contributed by atoms with E-state index in [1.807, 2.05) is 17.7 Å². The molecule has 2 rings (SSSR count). The van der Waals surface area contributed by atoms with Crippen molar-refractivity contribution in [1.29, 1.82) is 0 Å². The smallest absolute Gasteiger partial charge is 0.225 e. The molecule has 1 aliphatic heterocycles. The fourth-order valence-corrected chi connectivity index (χ4v) is 2.86. The van der Waals surface area contributed by atoms with E-state index in [1.165, 1.54) is 4.31 Å². The number of aromatic nitrogens is 2. The molecule has 8 heteroatoms. The van der Waals surface area contributed by atoms with Gasteiger partial charge in [-0.3, -0.25) is 4.79 Å². The second kappa shape index (κ2) is 5.30. The van der Waals surface area contributed by atoms with Gasteiger partial charge in [0.05, 0.1) is 12.2 Å². The van der Waals surface area contributed by atoms with E-state index >= 15 is 0 Å². The lowest BCUT2D eigenvalue weighted by atomic mass is 10.0. The van der Waals surface area contributed by atoms with Crippen LogP contribution in [0.5, 0.6) is 0 Å². The number of amides is 1. The molecule has 2 heterocycles. The summed E-state index contributed by atoms with van der Waals surface area (Å²) in [4.78, 5) is 15.8. The number of rotatable bonds is 5. The predicted octanol–water partition coefficient (Wildman–Crippen LogP) is -0.801. The van der Waals surface area contributed by atoms with Crippen LogP contribution < -0.4 is 5.32 Å². The molecule has 1 aromatic rings. The molecular weight excluding hydrogens is 268 g/mol. The number of aryl methyl sites for hydroxylation is 1. The number of imidazole rings is 1. The van der Waals surface area contributed by atoms with E-state index in [0.717, 1.165) is 12.1 Å². The summed E-state index contributed by atoms with van der Waals surface area (Å²) in [5.74, 6) is 0.595. The molecule has 1 aromatic heterocycles. The average molecular weight is 286 g/mol. The highest BCUT2D eigenvalue weighted by atomic mass is 32.2. The highest BCUT2D eigenvalue weighted by Crippen LogP contribution is 2.18. The van der Waals surface area contributed by atoms with Gasteiger partial charge in [0.25, 0.3) is 0 Å². The summed E-state index contributed by atoms with van der Waals surface area (Å²) in [6.07, 6.45) is 4.73. The molecule has 0 aromatic carbocycles. The van der Waals surface area contributed by atoms with Gasteiger partial charge in [0.15, 0.2) is 0 Å². The van der Waals surface area contributed by atoms with Crippen molar-refractivity contribution in [3.8, 4) is 0 Å². The van der Waals surface area contributed by atoms with E-state index in [9.17, 15) is 13.2 Å². The Bertz CT molecular complexity index is 560. The maximum Gasteiger partial charge on any atom is 0.225 e. The summed E-state index contributed by atoms with van der Waals surface area (Å²) >= 11 is 0. The lowest BCUT2D eigenvalue weighted by molar-refractivity contribution is -0.128. The molecule has 0 radical (unpaired) electrons. The van der Waals surface area contributed by atoms with Crippen LogP contribution in [0.4, 0.5) is 0 Å². The third-order valence-electron chi connectivity index (χ3n) is 3.26. The highest BCUT2D eigenvalue weighted by Gasteiger charge is 2.37. The predicted molar refractivity (Wildman–Crippen MR) is 69.9 cm³/mol. The van der Waals surface area contributed by atoms with Crippen LogP contribution in [0.1, 0.15) is 5.82 Å². The zero-order valence-corrected chi connectivity index (χ0v) is 11.9. The van der Waals surface area contributed by atoms with Crippen molar-refractivity contribution in [2.75, 3.05) is 25.9 Å². The number of nitrogens with one attached hydrogen (secondary N) is 1. The molecule has 106 valence electrons. The van der Waals surface area contributed by atoms with Crippen LogP contribution >= 0.6 is 0 Å². The fraction of sp³-hybridized carbons (Fsp3) is 0.636. The number of hydrogen-bond donors (Lipinski definition) is 1. The molecule has 0 aliphatic carbocycles. The molecule has 0 atom stereocenters. The molecule has 1 fully saturated rings. The number of carbonyl (C=O) groups is 1. The standard InChI is InChI=1S/C11H18N4O3S/c1-9-12-3-5-14(9)6-4-13-11(16)10-7-15(8-10)19(2,17)18/h3,5,10H,4,6-8H2,1-2H3,(H,13,16). The molecule has 1 saturated heterocycles. The van der Waals surface area contributed by atoms with Crippen LogP contribution in [-0.4, -0.2) is 54.1 Å². The molecule has 19 heavy (non-hydrogen) atoms. The van der Waals surface area contributed by atoms with Gasteiger partial charge in [-0.15, -0.1) is 0 Å². The summed E-state index contributed by atoms with van der Waals surface area (Å²) in [5, 5.41) is 2.81. The van der Waals surface area contributed by atoms with Crippen LogP contribution in [0.3, 0.4) is 0 Å². The van der Waals surface area contributed by atoms with Gasteiger partial charge in [0.1, 0.15) is 5.82 Å². The van der Waals surface area contributed by atoms with Gasteiger partial charge in [-0.05, 0) is 6.92 Å². The first-order valence-electron chi connectivity index (χ1n) is 6.08. The van der Waals surface area contributed by atoms with E-state index in [-0.39, 0.29) is 24.9 Å². The van der Waals surface area contributed by atoms with E-state index < -0.39 is 10.0 Å². The second-order valence-electron chi connectivity index (χ2n) is 4.74. The average Bonchev–Trinajstić information content (AvgIpc) is 2.60. The number of carbonyl (C=O) groups excluding carboxylic acids is 1. The maximum atomic E-state index is 11.8. The minimum Gasteiger partial charge on any atom is -0.354 e. The Morgan fingerprint density at radius 3 is 2.74 bits per heavy atom. The SMILES string of the molecule is Cc1nccn1CCNC(=O)C1CN(S(C)(=O)=O)C1. The molecule has 0 saturated carbocycles. The summed E-state index contributed by atoms with van der Waals surface area (Å²) in [6, 6.07) is 0. The van der Waals surface area contributed by atoms with E-state index in [4.69, 9.17) is 0 Å². The second-order valence-corrected chi connectivity index (χ2v) is 6.72. The Balaban J connectivity index is 1.71. The molecule has 0 unspecified atom stereocenters.